The Morgan fingerprint density at radius 2 is 1.92 bits per heavy atom. The first-order valence-corrected chi connectivity index (χ1v) is 10.7. The van der Waals surface area contributed by atoms with E-state index in [4.69, 9.17) is 0 Å². The Morgan fingerprint density at radius 3 is 2.60 bits per heavy atom. The molecule has 2 aliphatic rings. The molecule has 2 aromatic rings. The third-order valence-corrected chi connectivity index (χ3v) is 6.07. The number of nitrogens with zero attached hydrogens (tertiary/aromatic N) is 4. The lowest BCUT2D eigenvalue weighted by Crippen LogP contribution is -2.22. The summed E-state index contributed by atoms with van der Waals surface area (Å²) < 4.78 is 3.39. The SMILES string of the molecule is O=C(CSc1nnc(N2CCCC2)n1C1CC1)Nc1ccc(I)cc1. The van der Waals surface area contributed by atoms with Gasteiger partial charge < -0.3 is 10.2 Å². The molecule has 2 heterocycles. The Bertz CT molecular complexity index is 753. The molecule has 0 atom stereocenters. The number of hydrogen-bond acceptors (Lipinski definition) is 5. The Morgan fingerprint density at radius 1 is 1.20 bits per heavy atom. The number of anilines is 2. The van der Waals surface area contributed by atoms with Gasteiger partial charge in [-0.15, -0.1) is 10.2 Å². The number of hydrogen-bond donors (Lipinski definition) is 1. The fourth-order valence-electron chi connectivity index (χ4n) is 3.01. The van der Waals surface area contributed by atoms with Gasteiger partial charge in [-0.3, -0.25) is 9.36 Å². The van der Waals surface area contributed by atoms with Crippen LogP contribution in [0.2, 0.25) is 0 Å². The first-order valence-electron chi connectivity index (χ1n) is 8.59. The molecule has 0 spiro atoms. The van der Waals surface area contributed by atoms with E-state index in [1.165, 1.54) is 37.4 Å². The van der Waals surface area contributed by atoms with E-state index >= 15 is 0 Å². The molecule has 2 fully saturated rings. The summed E-state index contributed by atoms with van der Waals surface area (Å²) in [4.78, 5) is 14.5. The maximum atomic E-state index is 12.2. The number of carbonyl (C=O) groups is 1. The standard InChI is InChI=1S/C17H20IN5OS/c18-12-3-5-13(6-4-12)19-15(24)11-25-17-21-20-16(22-9-1-2-10-22)23(17)14-7-8-14/h3-6,14H,1-2,7-11H2,(H,19,24). The average molecular weight is 469 g/mol. The molecule has 1 N–H and O–H groups in total. The molecule has 1 aromatic carbocycles. The van der Waals surface area contributed by atoms with Gasteiger partial charge in [0, 0.05) is 28.4 Å². The van der Waals surface area contributed by atoms with Crippen molar-refractivity contribution >= 4 is 51.9 Å². The quantitative estimate of drug-likeness (QED) is 0.518. The lowest BCUT2D eigenvalue weighted by Gasteiger charge is -2.17. The van der Waals surface area contributed by atoms with Crippen LogP contribution in [-0.2, 0) is 4.79 Å². The van der Waals surface area contributed by atoms with E-state index in [1.54, 1.807) is 0 Å². The fraction of sp³-hybridized carbons (Fsp3) is 0.471. The minimum absolute atomic E-state index is 0.0146. The maximum absolute atomic E-state index is 12.2. The van der Waals surface area contributed by atoms with Gasteiger partial charge in [0.15, 0.2) is 5.16 Å². The summed E-state index contributed by atoms with van der Waals surface area (Å²) in [5.41, 5.74) is 0.826. The average Bonchev–Trinajstić information content (AvgIpc) is 3.13. The van der Waals surface area contributed by atoms with Crippen molar-refractivity contribution in [2.75, 3.05) is 29.1 Å². The van der Waals surface area contributed by atoms with Crippen LogP contribution in [0.4, 0.5) is 11.6 Å². The smallest absolute Gasteiger partial charge is 0.234 e. The minimum Gasteiger partial charge on any atom is -0.341 e. The molecular formula is C17H20IN5OS. The molecule has 1 saturated heterocycles. The zero-order valence-corrected chi connectivity index (χ0v) is 16.8. The Labute approximate surface area is 164 Å². The normalized spacial score (nSPS) is 17.1. The monoisotopic (exact) mass is 469 g/mol. The molecule has 132 valence electrons. The second-order valence-electron chi connectivity index (χ2n) is 6.42. The van der Waals surface area contributed by atoms with E-state index in [1.807, 2.05) is 24.3 Å². The Hall–Kier alpha value is -1.29. The highest BCUT2D eigenvalue weighted by Gasteiger charge is 2.32. The lowest BCUT2D eigenvalue weighted by molar-refractivity contribution is -0.113. The first kappa shape index (κ1) is 17.1. The number of halogens is 1. The summed E-state index contributed by atoms with van der Waals surface area (Å²) in [5.74, 6) is 1.32. The van der Waals surface area contributed by atoms with Gasteiger partial charge in [-0.1, -0.05) is 11.8 Å². The van der Waals surface area contributed by atoms with Gasteiger partial charge in [0.2, 0.25) is 11.9 Å². The third kappa shape index (κ3) is 4.11. The van der Waals surface area contributed by atoms with E-state index in [0.29, 0.717) is 11.8 Å². The zero-order chi connectivity index (χ0) is 17.2. The molecular weight excluding hydrogens is 449 g/mol. The fourth-order valence-corrected chi connectivity index (χ4v) is 4.17. The highest BCUT2D eigenvalue weighted by atomic mass is 127. The van der Waals surface area contributed by atoms with E-state index in [2.05, 4.69) is 47.6 Å². The number of aromatic nitrogens is 3. The van der Waals surface area contributed by atoms with Crippen molar-refractivity contribution in [3.8, 4) is 0 Å². The highest BCUT2D eigenvalue weighted by Crippen LogP contribution is 2.41. The van der Waals surface area contributed by atoms with Crippen molar-refractivity contribution in [1.82, 2.24) is 14.8 Å². The van der Waals surface area contributed by atoms with E-state index < -0.39 is 0 Å². The number of carbonyl (C=O) groups excluding carboxylic acids is 1. The summed E-state index contributed by atoms with van der Waals surface area (Å²) in [5, 5.41) is 12.6. The van der Waals surface area contributed by atoms with Crippen molar-refractivity contribution in [3.63, 3.8) is 0 Å². The molecule has 4 rings (SSSR count). The van der Waals surface area contributed by atoms with Gasteiger partial charge in [0.25, 0.3) is 0 Å². The predicted molar refractivity (Wildman–Crippen MR) is 108 cm³/mol. The van der Waals surface area contributed by atoms with E-state index in [0.717, 1.165) is 33.5 Å². The van der Waals surface area contributed by atoms with Gasteiger partial charge in [-0.2, -0.15) is 0 Å². The number of rotatable bonds is 6. The van der Waals surface area contributed by atoms with Crippen molar-refractivity contribution in [1.29, 1.82) is 0 Å². The van der Waals surface area contributed by atoms with Crippen LogP contribution in [0.3, 0.4) is 0 Å². The van der Waals surface area contributed by atoms with Gasteiger partial charge in [-0.05, 0) is 72.5 Å². The largest absolute Gasteiger partial charge is 0.341 e. The molecule has 1 aliphatic carbocycles. The zero-order valence-electron chi connectivity index (χ0n) is 13.8. The summed E-state index contributed by atoms with van der Waals surface area (Å²) in [6.07, 6.45) is 4.80. The molecule has 1 saturated carbocycles. The van der Waals surface area contributed by atoms with Gasteiger partial charge >= 0.3 is 0 Å². The van der Waals surface area contributed by atoms with Crippen LogP contribution in [0.25, 0.3) is 0 Å². The maximum Gasteiger partial charge on any atom is 0.234 e. The molecule has 8 heteroatoms. The molecule has 1 amide bonds. The van der Waals surface area contributed by atoms with Crippen LogP contribution in [0.5, 0.6) is 0 Å². The number of nitrogens with one attached hydrogen (secondary N) is 1. The van der Waals surface area contributed by atoms with Crippen LogP contribution in [-0.4, -0.2) is 39.5 Å². The van der Waals surface area contributed by atoms with Crippen molar-refractivity contribution in [2.45, 2.75) is 36.9 Å². The number of benzene rings is 1. The summed E-state index contributed by atoms with van der Waals surface area (Å²) in [7, 11) is 0. The second kappa shape index (κ2) is 7.53. The van der Waals surface area contributed by atoms with E-state index in [9.17, 15) is 4.79 Å². The lowest BCUT2D eigenvalue weighted by atomic mass is 10.3. The minimum atomic E-state index is -0.0146. The van der Waals surface area contributed by atoms with Crippen molar-refractivity contribution in [3.05, 3.63) is 27.8 Å². The second-order valence-corrected chi connectivity index (χ2v) is 8.61. The van der Waals surface area contributed by atoms with Crippen LogP contribution in [0.15, 0.2) is 29.4 Å². The molecule has 0 radical (unpaired) electrons. The van der Waals surface area contributed by atoms with Crippen LogP contribution < -0.4 is 10.2 Å². The number of thioether (sulfide) groups is 1. The Kier molecular flexibility index (Phi) is 5.16. The number of amides is 1. The molecule has 0 unspecified atom stereocenters. The summed E-state index contributed by atoms with van der Waals surface area (Å²) >= 11 is 3.72. The van der Waals surface area contributed by atoms with Crippen LogP contribution >= 0.6 is 34.4 Å². The van der Waals surface area contributed by atoms with Crippen LogP contribution in [0, 0.1) is 3.57 Å². The summed E-state index contributed by atoms with van der Waals surface area (Å²) in [6.45, 7) is 2.12. The van der Waals surface area contributed by atoms with Crippen molar-refractivity contribution in [2.24, 2.45) is 0 Å². The van der Waals surface area contributed by atoms with Crippen molar-refractivity contribution < 1.29 is 4.79 Å². The molecule has 25 heavy (non-hydrogen) atoms. The topological polar surface area (TPSA) is 63.1 Å². The molecule has 6 nitrogen and oxygen atoms in total. The Balaban J connectivity index is 1.40. The third-order valence-electron chi connectivity index (χ3n) is 4.41. The molecule has 1 aromatic heterocycles. The van der Waals surface area contributed by atoms with Gasteiger partial charge in [0.1, 0.15) is 0 Å². The predicted octanol–water partition coefficient (Wildman–Crippen LogP) is 3.55. The highest BCUT2D eigenvalue weighted by molar-refractivity contribution is 14.1. The molecule has 0 bridgehead atoms. The van der Waals surface area contributed by atoms with Gasteiger partial charge in [-0.25, -0.2) is 0 Å². The molecule has 1 aliphatic heterocycles. The van der Waals surface area contributed by atoms with Gasteiger partial charge in [0.05, 0.1) is 5.75 Å². The van der Waals surface area contributed by atoms with Crippen LogP contribution in [0.1, 0.15) is 31.7 Å². The summed E-state index contributed by atoms with van der Waals surface area (Å²) in [6, 6.07) is 8.31. The van der Waals surface area contributed by atoms with E-state index in [-0.39, 0.29) is 5.91 Å². The first-order chi connectivity index (χ1) is 12.2.